The molecule has 0 spiro atoms. The molecule has 6 nitrogen and oxygen atoms in total. The van der Waals surface area contributed by atoms with Gasteiger partial charge in [-0.3, -0.25) is 10.1 Å². The number of halogens is 2. The predicted molar refractivity (Wildman–Crippen MR) is 137 cm³/mol. The third-order valence-corrected chi connectivity index (χ3v) is 5.91. The highest BCUT2D eigenvalue weighted by Crippen LogP contribution is 2.33. The molecule has 1 atom stereocenters. The molecule has 1 aliphatic heterocycles. The first-order valence-corrected chi connectivity index (χ1v) is 11.3. The molecule has 4 aromatic rings. The first kappa shape index (κ1) is 21.9. The van der Waals surface area contributed by atoms with E-state index in [2.05, 4.69) is 26.8 Å². The quantitative estimate of drug-likeness (QED) is 0.324. The standard InChI is InChI=1S/C26H19Cl2N5O/c27-20-13-10-19(11-14-20)23-16-22(18-7-2-1-3-8-18)29-26-31-25(32-33(23)26)30-24(34)15-12-17-6-4-5-9-21(17)28/h1-16,23H,(H2,29,30,31,32,34)/b15-12+/t23-/m1/s1. The van der Waals surface area contributed by atoms with Crippen molar-refractivity contribution in [1.82, 2.24) is 14.8 Å². The Morgan fingerprint density at radius 2 is 1.71 bits per heavy atom. The zero-order valence-electron chi connectivity index (χ0n) is 17.8. The van der Waals surface area contributed by atoms with Gasteiger partial charge in [-0.25, -0.2) is 4.68 Å². The Morgan fingerprint density at radius 3 is 2.47 bits per heavy atom. The van der Waals surface area contributed by atoms with Crippen LogP contribution in [0, 0.1) is 0 Å². The van der Waals surface area contributed by atoms with E-state index in [0.29, 0.717) is 16.0 Å². The fraction of sp³-hybridized carbons (Fsp3) is 0.0385. The normalized spacial score (nSPS) is 14.9. The van der Waals surface area contributed by atoms with Crippen molar-refractivity contribution in [2.24, 2.45) is 0 Å². The van der Waals surface area contributed by atoms with Crippen LogP contribution in [0.3, 0.4) is 0 Å². The third kappa shape index (κ3) is 4.73. The number of nitrogens with one attached hydrogen (secondary N) is 2. The average molecular weight is 488 g/mol. The molecule has 0 unspecified atom stereocenters. The number of anilines is 2. The zero-order valence-corrected chi connectivity index (χ0v) is 19.3. The summed E-state index contributed by atoms with van der Waals surface area (Å²) >= 11 is 12.2. The molecule has 5 rings (SSSR count). The van der Waals surface area contributed by atoms with E-state index in [-0.39, 0.29) is 17.9 Å². The number of fused-ring (bicyclic) bond motifs is 1. The van der Waals surface area contributed by atoms with Gasteiger partial charge < -0.3 is 5.32 Å². The minimum absolute atomic E-state index is 0.193. The van der Waals surface area contributed by atoms with Gasteiger partial charge in [0, 0.05) is 21.8 Å². The monoisotopic (exact) mass is 487 g/mol. The van der Waals surface area contributed by atoms with E-state index >= 15 is 0 Å². The Kier molecular flexibility index (Phi) is 6.16. The molecular formula is C26H19Cl2N5O. The van der Waals surface area contributed by atoms with Crippen molar-refractivity contribution in [2.75, 3.05) is 10.6 Å². The molecule has 0 bridgehead atoms. The van der Waals surface area contributed by atoms with E-state index in [1.54, 1.807) is 16.8 Å². The Balaban J connectivity index is 1.43. The molecule has 168 valence electrons. The SMILES string of the molecule is O=C(/C=C/c1ccccc1Cl)Nc1nc2n(n1)[C@@H](c1ccc(Cl)cc1)C=C(c1ccccc1)N2. The average Bonchev–Trinajstić information content (AvgIpc) is 3.26. The number of allylic oxidation sites excluding steroid dienone is 1. The first-order chi connectivity index (χ1) is 16.6. The van der Waals surface area contributed by atoms with Crippen LogP contribution >= 0.6 is 23.2 Å². The van der Waals surface area contributed by atoms with Crippen molar-refractivity contribution < 1.29 is 4.79 Å². The van der Waals surface area contributed by atoms with E-state index in [1.165, 1.54) is 6.08 Å². The molecule has 1 aliphatic rings. The number of carbonyl (C=O) groups is 1. The van der Waals surface area contributed by atoms with E-state index in [9.17, 15) is 4.79 Å². The lowest BCUT2D eigenvalue weighted by Gasteiger charge is -2.24. The van der Waals surface area contributed by atoms with Crippen LogP contribution in [0.4, 0.5) is 11.9 Å². The Bertz CT molecular complexity index is 1390. The number of rotatable bonds is 5. The van der Waals surface area contributed by atoms with Gasteiger partial charge in [0.1, 0.15) is 6.04 Å². The van der Waals surface area contributed by atoms with E-state index in [0.717, 1.165) is 22.4 Å². The molecule has 0 saturated heterocycles. The lowest BCUT2D eigenvalue weighted by atomic mass is 10.0. The van der Waals surface area contributed by atoms with Gasteiger partial charge in [0.05, 0.1) is 0 Å². The summed E-state index contributed by atoms with van der Waals surface area (Å²) in [6, 6.07) is 24.6. The van der Waals surface area contributed by atoms with Crippen LogP contribution in [-0.2, 0) is 4.79 Å². The number of nitrogens with zero attached hydrogens (tertiary/aromatic N) is 3. The van der Waals surface area contributed by atoms with Crippen LogP contribution in [0.15, 0.2) is 91.0 Å². The van der Waals surface area contributed by atoms with Crippen molar-refractivity contribution >= 4 is 52.8 Å². The predicted octanol–water partition coefficient (Wildman–Crippen LogP) is 6.29. The van der Waals surface area contributed by atoms with E-state index in [4.69, 9.17) is 23.2 Å². The highest BCUT2D eigenvalue weighted by atomic mass is 35.5. The summed E-state index contributed by atoms with van der Waals surface area (Å²) in [6.07, 6.45) is 5.12. The van der Waals surface area contributed by atoms with Crippen LogP contribution < -0.4 is 10.6 Å². The maximum atomic E-state index is 12.5. The number of amides is 1. The fourth-order valence-corrected chi connectivity index (χ4v) is 3.98. The van der Waals surface area contributed by atoms with Gasteiger partial charge in [0.2, 0.25) is 5.95 Å². The van der Waals surface area contributed by atoms with Crippen LogP contribution in [0.25, 0.3) is 11.8 Å². The molecule has 3 aromatic carbocycles. The van der Waals surface area contributed by atoms with Crippen LogP contribution in [0.1, 0.15) is 22.7 Å². The summed E-state index contributed by atoms with van der Waals surface area (Å²) in [7, 11) is 0. The molecule has 34 heavy (non-hydrogen) atoms. The van der Waals surface area contributed by atoms with Gasteiger partial charge in [-0.15, -0.1) is 5.10 Å². The topological polar surface area (TPSA) is 71.8 Å². The second-order valence-electron chi connectivity index (χ2n) is 7.62. The second-order valence-corrected chi connectivity index (χ2v) is 8.46. The number of carbonyl (C=O) groups excluding carboxylic acids is 1. The maximum Gasteiger partial charge on any atom is 0.250 e. The second kappa shape index (κ2) is 9.55. The van der Waals surface area contributed by atoms with E-state index < -0.39 is 0 Å². The Labute approximate surface area is 206 Å². The summed E-state index contributed by atoms with van der Waals surface area (Å²) < 4.78 is 1.74. The van der Waals surface area contributed by atoms with Crippen molar-refractivity contribution in [1.29, 1.82) is 0 Å². The molecule has 0 fully saturated rings. The molecule has 8 heteroatoms. The highest BCUT2D eigenvalue weighted by Gasteiger charge is 2.25. The molecule has 0 saturated carbocycles. The minimum atomic E-state index is -0.359. The Morgan fingerprint density at radius 1 is 0.971 bits per heavy atom. The molecule has 1 amide bonds. The number of benzene rings is 3. The lowest BCUT2D eigenvalue weighted by molar-refractivity contribution is -0.111. The summed E-state index contributed by atoms with van der Waals surface area (Å²) in [6.45, 7) is 0. The molecule has 0 aliphatic carbocycles. The van der Waals surface area contributed by atoms with Gasteiger partial charge in [-0.2, -0.15) is 4.98 Å². The molecule has 2 N–H and O–H groups in total. The summed E-state index contributed by atoms with van der Waals surface area (Å²) in [5, 5.41) is 11.8. The fourth-order valence-electron chi connectivity index (χ4n) is 3.66. The zero-order chi connectivity index (χ0) is 23.5. The van der Waals surface area contributed by atoms with E-state index in [1.807, 2.05) is 72.8 Å². The van der Waals surface area contributed by atoms with Gasteiger partial charge >= 0.3 is 0 Å². The first-order valence-electron chi connectivity index (χ1n) is 10.6. The van der Waals surface area contributed by atoms with Gasteiger partial charge in [-0.05, 0) is 47.0 Å². The van der Waals surface area contributed by atoms with Gasteiger partial charge in [-0.1, -0.05) is 83.9 Å². The van der Waals surface area contributed by atoms with Crippen molar-refractivity contribution in [3.63, 3.8) is 0 Å². The molecule has 2 heterocycles. The summed E-state index contributed by atoms with van der Waals surface area (Å²) in [4.78, 5) is 17.0. The highest BCUT2D eigenvalue weighted by molar-refractivity contribution is 6.32. The summed E-state index contributed by atoms with van der Waals surface area (Å²) in [5.74, 6) is 0.354. The summed E-state index contributed by atoms with van der Waals surface area (Å²) in [5.41, 5.74) is 3.65. The maximum absolute atomic E-state index is 12.5. The third-order valence-electron chi connectivity index (χ3n) is 5.32. The van der Waals surface area contributed by atoms with Crippen molar-refractivity contribution in [3.8, 4) is 0 Å². The van der Waals surface area contributed by atoms with Crippen molar-refractivity contribution in [3.05, 3.63) is 118 Å². The van der Waals surface area contributed by atoms with Crippen LogP contribution in [0.5, 0.6) is 0 Å². The van der Waals surface area contributed by atoms with Gasteiger partial charge in [0.15, 0.2) is 0 Å². The van der Waals surface area contributed by atoms with Crippen molar-refractivity contribution in [2.45, 2.75) is 6.04 Å². The van der Waals surface area contributed by atoms with Gasteiger partial charge in [0.25, 0.3) is 11.9 Å². The smallest absolute Gasteiger partial charge is 0.250 e. The molecule has 1 aromatic heterocycles. The number of hydrogen-bond acceptors (Lipinski definition) is 4. The Hall–Kier alpha value is -3.87. The number of aromatic nitrogens is 3. The lowest BCUT2D eigenvalue weighted by Crippen LogP contribution is -2.20. The largest absolute Gasteiger partial charge is 0.324 e. The van der Waals surface area contributed by atoms with Crippen LogP contribution in [-0.4, -0.2) is 20.7 Å². The number of hydrogen-bond donors (Lipinski definition) is 2. The van der Waals surface area contributed by atoms with Crippen LogP contribution in [0.2, 0.25) is 10.0 Å². The minimum Gasteiger partial charge on any atom is -0.324 e. The molecule has 0 radical (unpaired) electrons. The molecular weight excluding hydrogens is 469 g/mol.